The summed E-state index contributed by atoms with van der Waals surface area (Å²) in [6.45, 7) is 4.43. The van der Waals surface area contributed by atoms with Crippen LogP contribution in [0.5, 0.6) is 0 Å². The fourth-order valence-corrected chi connectivity index (χ4v) is 1.45. The van der Waals surface area contributed by atoms with E-state index in [-0.39, 0.29) is 52.9 Å². The third kappa shape index (κ3) is 25.5. The van der Waals surface area contributed by atoms with Crippen LogP contribution in [0.4, 0.5) is 0 Å². The molecule has 0 radical (unpaired) electrons. The maximum atomic E-state index is 8.49. The van der Waals surface area contributed by atoms with Crippen molar-refractivity contribution in [1.82, 2.24) is 0 Å². The molecule has 0 aromatic rings. The first-order chi connectivity index (χ1) is 13.9. The summed E-state index contributed by atoms with van der Waals surface area (Å²) in [6, 6.07) is 0. The second kappa shape index (κ2) is 26.5. The first-order valence-corrected chi connectivity index (χ1v) is 9.17. The minimum Gasteiger partial charge on any atom is -0.394 e. The molecule has 0 saturated carbocycles. The van der Waals surface area contributed by atoms with Crippen molar-refractivity contribution < 1.29 is 58.5 Å². The Bertz CT molecular complexity index is 246. The van der Waals surface area contributed by atoms with Gasteiger partial charge in [-0.05, 0) is 0 Å². The number of aliphatic hydroxyl groups excluding tert-OH is 2. The molecule has 0 bridgehead atoms. The Morgan fingerprint density at radius 2 is 0.500 bits per heavy atom. The lowest BCUT2D eigenvalue weighted by atomic mass is 10.7. The van der Waals surface area contributed by atoms with Crippen LogP contribution in [0.3, 0.4) is 0 Å². The SMILES string of the molecule is OCCOCCOOCCOCCOOCCOCCOOCCOCCO. The molecule has 0 spiro atoms. The molecule has 0 saturated heterocycles. The van der Waals surface area contributed by atoms with Crippen LogP contribution in [0.1, 0.15) is 0 Å². The molecule has 0 heterocycles. The topological polar surface area (TPSA) is 133 Å². The monoisotopic (exact) mass is 418 g/mol. The van der Waals surface area contributed by atoms with Crippen molar-refractivity contribution in [3.8, 4) is 0 Å². The lowest BCUT2D eigenvalue weighted by molar-refractivity contribution is -0.315. The van der Waals surface area contributed by atoms with Crippen LogP contribution in [-0.2, 0) is 48.3 Å². The van der Waals surface area contributed by atoms with E-state index in [1.165, 1.54) is 0 Å². The molecule has 12 nitrogen and oxygen atoms in total. The predicted molar refractivity (Wildman–Crippen MR) is 93.2 cm³/mol. The minimum atomic E-state index is -0.0117. The molecule has 0 aliphatic rings. The van der Waals surface area contributed by atoms with Gasteiger partial charge in [0.25, 0.3) is 0 Å². The van der Waals surface area contributed by atoms with Gasteiger partial charge >= 0.3 is 0 Å². The number of hydrogen-bond acceptors (Lipinski definition) is 12. The molecule has 0 fully saturated rings. The van der Waals surface area contributed by atoms with Gasteiger partial charge in [0.1, 0.15) is 39.6 Å². The van der Waals surface area contributed by atoms with E-state index in [0.717, 1.165) is 0 Å². The largest absolute Gasteiger partial charge is 0.394 e. The van der Waals surface area contributed by atoms with E-state index in [4.69, 9.17) is 58.5 Å². The van der Waals surface area contributed by atoms with Gasteiger partial charge in [-0.25, -0.2) is 29.3 Å². The van der Waals surface area contributed by atoms with E-state index >= 15 is 0 Å². The Balaban J connectivity index is 2.96. The van der Waals surface area contributed by atoms with Crippen molar-refractivity contribution in [3.05, 3.63) is 0 Å². The van der Waals surface area contributed by atoms with Crippen LogP contribution in [-0.4, -0.2) is 116 Å². The Hall–Kier alpha value is -0.480. The zero-order chi connectivity index (χ0) is 20.4. The smallest absolute Gasteiger partial charge is 0.106 e. The molecule has 0 aromatic heterocycles. The highest BCUT2D eigenvalue weighted by Crippen LogP contribution is 1.87. The second-order valence-corrected chi connectivity index (χ2v) is 4.83. The summed E-state index contributed by atoms with van der Waals surface area (Å²) in [7, 11) is 0. The van der Waals surface area contributed by atoms with Gasteiger partial charge in [-0.3, -0.25) is 0 Å². The lowest BCUT2D eigenvalue weighted by Crippen LogP contribution is -2.14. The molecule has 0 aromatic carbocycles. The van der Waals surface area contributed by atoms with Crippen LogP contribution in [0.2, 0.25) is 0 Å². The van der Waals surface area contributed by atoms with Gasteiger partial charge < -0.3 is 29.2 Å². The van der Waals surface area contributed by atoms with Gasteiger partial charge in [0, 0.05) is 0 Å². The average Bonchev–Trinajstić information content (AvgIpc) is 2.71. The van der Waals surface area contributed by atoms with Crippen molar-refractivity contribution in [1.29, 1.82) is 0 Å². The standard InChI is InChI=1S/C16H34O12/c17-1-3-19-5-11-23-25-13-7-21-9-15-27-28-16-10-22-8-14-26-24-12-6-20-4-2-18/h17-18H,1-16H2. The number of hydrogen-bond donors (Lipinski definition) is 2. The van der Waals surface area contributed by atoms with E-state index in [9.17, 15) is 0 Å². The maximum absolute atomic E-state index is 8.49. The van der Waals surface area contributed by atoms with Crippen molar-refractivity contribution in [2.75, 3.05) is 106 Å². The summed E-state index contributed by atoms with van der Waals surface area (Å²) < 4.78 is 20.4. The Morgan fingerprint density at radius 3 is 0.714 bits per heavy atom. The van der Waals surface area contributed by atoms with Gasteiger partial charge in [-0.1, -0.05) is 0 Å². The normalized spacial score (nSPS) is 11.4. The predicted octanol–water partition coefficient (Wildman–Crippen LogP) is -1.12. The quantitative estimate of drug-likeness (QED) is 0.106. The van der Waals surface area contributed by atoms with Gasteiger partial charge in [-0.2, -0.15) is 0 Å². The molecule has 0 unspecified atom stereocenters. The molecule has 2 N–H and O–H groups in total. The number of aliphatic hydroxyl groups is 2. The van der Waals surface area contributed by atoms with E-state index in [0.29, 0.717) is 52.9 Å². The number of ether oxygens (including phenoxy) is 4. The molecule has 170 valence electrons. The Morgan fingerprint density at radius 1 is 0.286 bits per heavy atom. The maximum Gasteiger partial charge on any atom is 0.106 e. The first-order valence-electron chi connectivity index (χ1n) is 9.17. The molecule has 0 amide bonds. The third-order valence-corrected chi connectivity index (χ3v) is 2.59. The minimum absolute atomic E-state index is 0.0117. The molecule has 0 aliphatic heterocycles. The van der Waals surface area contributed by atoms with Crippen molar-refractivity contribution >= 4 is 0 Å². The molecular weight excluding hydrogens is 384 g/mol. The summed E-state index contributed by atoms with van der Waals surface area (Å²) >= 11 is 0. The van der Waals surface area contributed by atoms with E-state index in [1.54, 1.807) is 0 Å². The molecule has 0 aliphatic carbocycles. The van der Waals surface area contributed by atoms with Crippen molar-refractivity contribution in [2.24, 2.45) is 0 Å². The summed E-state index contributed by atoms with van der Waals surface area (Å²) in [6.07, 6.45) is 0. The highest BCUT2D eigenvalue weighted by molar-refractivity contribution is 4.31. The molecular formula is C16H34O12. The fourth-order valence-electron chi connectivity index (χ4n) is 1.45. The zero-order valence-corrected chi connectivity index (χ0v) is 16.3. The Kier molecular flexibility index (Phi) is 26.1. The van der Waals surface area contributed by atoms with E-state index in [2.05, 4.69) is 0 Å². The summed E-state index contributed by atoms with van der Waals surface area (Å²) in [4.78, 5) is 29.2. The van der Waals surface area contributed by atoms with Crippen LogP contribution in [0.15, 0.2) is 0 Å². The number of rotatable bonds is 25. The molecule has 0 rings (SSSR count). The summed E-state index contributed by atoms with van der Waals surface area (Å²) in [5.74, 6) is 0. The third-order valence-electron chi connectivity index (χ3n) is 2.59. The van der Waals surface area contributed by atoms with Crippen LogP contribution >= 0.6 is 0 Å². The first kappa shape index (κ1) is 27.5. The molecule has 0 atom stereocenters. The van der Waals surface area contributed by atoms with Crippen molar-refractivity contribution in [2.45, 2.75) is 0 Å². The highest BCUT2D eigenvalue weighted by atomic mass is 17.2. The second-order valence-electron chi connectivity index (χ2n) is 4.83. The summed E-state index contributed by atoms with van der Waals surface area (Å²) in [5, 5.41) is 17.0. The van der Waals surface area contributed by atoms with Gasteiger partial charge in [0.05, 0.1) is 66.1 Å². The molecule has 28 heavy (non-hydrogen) atoms. The average molecular weight is 418 g/mol. The molecule has 12 heteroatoms. The van der Waals surface area contributed by atoms with Gasteiger partial charge in [0.15, 0.2) is 0 Å². The van der Waals surface area contributed by atoms with Crippen molar-refractivity contribution in [3.63, 3.8) is 0 Å². The fraction of sp³-hybridized carbons (Fsp3) is 1.00. The lowest BCUT2D eigenvalue weighted by Gasteiger charge is -2.07. The van der Waals surface area contributed by atoms with Crippen LogP contribution < -0.4 is 0 Å². The Labute approximate surface area is 165 Å². The van der Waals surface area contributed by atoms with Gasteiger partial charge in [-0.15, -0.1) is 0 Å². The summed E-state index contributed by atoms with van der Waals surface area (Å²) in [5.41, 5.74) is 0. The van der Waals surface area contributed by atoms with Crippen LogP contribution in [0.25, 0.3) is 0 Å². The zero-order valence-electron chi connectivity index (χ0n) is 16.3. The highest BCUT2D eigenvalue weighted by Gasteiger charge is 1.95. The van der Waals surface area contributed by atoms with Crippen LogP contribution in [0, 0.1) is 0 Å². The van der Waals surface area contributed by atoms with Gasteiger partial charge in [0.2, 0.25) is 0 Å². The van der Waals surface area contributed by atoms with E-state index in [1.807, 2.05) is 0 Å². The van der Waals surface area contributed by atoms with E-state index < -0.39 is 0 Å².